The van der Waals surface area contributed by atoms with E-state index in [-0.39, 0.29) is 28.1 Å². The van der Waals surface area contributed by atoms with Crippen LogP contribution in [0.2, 0.25) is 0 Å². The van der Waals surface area contributed by atoms with E-state index in [4.69, 9.17) is 11.6 Å². The molecule has 20 heavy (non-hydrogen) atoms. The second kappa shape index (κ2) is 6.75. The average molecular weight is 341 g/mol. The average Bonchev–Trinajstić information content (AvgIpc) is 2.38. The van der Waals surface area contributed by atoms with Crippen LogP contribution in [0.5, 0.6) is 0 Å². The van der Waals surface area contributed by atoms with Gasteiger partial charge in [0.2, 0.25) is 20.0 Å². The predicted octanol–water partition coefficient (Wildman–Crippen LogP) is 1.21. The van der Waals surface area contributed by atoms with Gasteiger partial charge in [0.1, 0.15) is 4.90 Å². The van der Waals surface area contributed by atoms with Crippen molar-refractivity contribution in [1.29, 1.82) is 0 Å². The van der Waals surface area contributed by atoms with E-state index in [0.29, 0.717) is 0 Å². The molecule has 0 bridgehead atoms. The van der Waals surface area contributed by atoms with Gasteiger partial charge in [0, 0.05) is 5.88 Å². The molecule has 6 nitrogen and oxygen atoms in total. The molecule has 1 atom stereocenters. The summed E-state index contributed by atoms with van der Waals surface area (Å²) in [6.07, 6.45) is 0. The number of sulfonamides is 2. The lowest BCUT2D eigenvalue weighted by Gasteiger charge is -2.14. The number of nitrogens with one attached hydrogen (secondary N) is 2. The van der Waals surface area contributed by atoms with Crippen molar-refractivity contribution >= 4 is 37.3 Å². The number of benzene rings is 1. The highest BCUT2D eigenvalue weighted by molar-refractivity contribution is 7.93. The Kier molecular flexibility index (Phi) is 5.81. The Morgan fingerprint density at radius 2 is 1.80 bits per heavy atom. The molecule has 9 heteroatoms. The smallest absolute Gasteiger partial charge is 0.242 e. The van der Waals surface area contributed by atoms with E-state index in [0.717, 1.165) is 0 Å². The minimum Gasteiger partial charge on any atom is -0.282 e. The zero-order valence-electron chi connectivity index (χ0n) is 11.1. The summed E-state index contributed by atoms with van der Waals surface area (Å²) in [5.41, 5.74) is 0.0172. The van der Waals surface area contributed by atoms with E-state index in [1.807, 2.05) is 0 Å². The van der Waals surface area contributed by atoms with E-state index >= 15 is 0 Å². The second-order valence-electron chi connectivity index (χ2n) is 4.35. The summed E-state index contributed by atoms with van der Waals surface area (Å²) in [5, 5.41) is 0. The maximum absolute atomic E-state index is 12.0. The number of para-hydroxylation sites is 1. The Hall–Kier alpha value is -0.830. The van der Waals surface area contributed by atoms with Crippen LogP contribution in [0.15, 0.2) is 29.2 Å². The third-order valence-electron chi connectivity index (χ3n) is 2.48. The largest absolute Gasteiger partial charge is 0.282 e. The summed E-state index contributed by atoms with van der Waals surface area (Å²) in [6, 6.07) is 5.79. The highest BCUT2D eigenvalue weighted by atomic mass is 35.5. The molecular weight excluding hydrogens is 324 g/mol. The van der Waals surface area contributed by atoms with E-state index < -0.39 is 20.0 Å². The molecule has 0 amide bonds. The lowest BCUT2D eigenvalue weighted by Crippen LogP contribution is -2.25. The van der Waals surface area contributed by atoms with Gasteiger partial charge in [-0.15, -0.1) is 11.6 Å². The first-order valence-electron chi connectivity index (χ1n) is 5.81. The standard InChI is InChI=1S/C11H17ClN2O4S2/c1-9(7-12)8-19(15,16)14-10-5-3-4-6-11(10)20(17,18)13-2/h3-6,9,13-14H,7-8H2,1-2H3. The third-order valence-corrected chi connectivity index (χ3v) is 6.02. The van der Waals surface area contributed by atoms with Gasteiger partial charge in [0.05, 0.1) is 11.4 Å². The molecule has 0 aliphatic rings. The highest BCUT2D eigenvalue weighted by Crippen LogP contribution is 2.22. The Bertz CT molecular complexity index is 659. The van der Waals surface area contributed by atoms with Gasteiger partial charge in [-0.3, -0.25) is 4.72 Å². The minimum atomic E-state index is -3.74. The fourth-order valence-corrected chi connectivity index (χ4v) is 4.18. The van der Waals surface area contributed by atoms with Gasteiger partial charge in [0.25, 0.3) is 0 Å². The monoisotopic (exact) mass is 340 g/mol. The number of hydrogen-bond acceptors (Lipinski definition) is 4. The van der Waals surface area contributed by atoms with E-state index in [1.165, 1.54) is 25.2 Å². The molecule has 0 fully saturated rings. The Morgan fingerprint density at radius 1 is 1.20 bits per heavy atom. The van der Waals surface area contributed by atoms with Crippen molar-refractivity contribution in [2.75, 3.05) is 23.4 Å². The molecule has 0 saturated heterocycles. The second-order valence-corrected chi connectivity index (χ2v) is 8.28. The summed E-state index contributed by atoms with van der Waals surface area (Å²) >= 11 is 5.59. The molecular formula is C11H17ClN2O4S2. The minimum absolute atomic E-state index is 0.0172. The Morgan fingerprint density at radius 3 is 2.35 bits per heavy atom. The van der Waals surface area contributed by atoms with Gasteiger partial charge in [-0.2, -0.15) is 0 Å². The molecule has 0 heterocycles. The first kappa shape index (κ1) is 17.2. The van der Waals surface area contributed by atoms with Crippen LogP contribution in [0.3, 0.4) is 0 Å². The van der Waals surface area contributed by atoms with Crippen LogP contribution in [0.25, 0.3) is 0 Å². The Labute approximate surface area is 124 Å². The molecule has 0 saturated carbocycles. The van der Waals surface area contributed by atoms with Crippen LogP contribution in [0, 0.1) is 5.92 Å². The van der Waals surface area contributed by atoms with Gasteiger partial charge in [-0.25, -0.2) is 21.6 Å². The fraction of sp³-hybridized carbons (Fsp3) is 0.455. The molecule has 0 spiro atoms. The third kappa shape index (κ3) is 4.62. The summed E-state index contributed by atoms with van der Waals surface area (Å²) in [4.78, 5) is -0.121. The molecule has 0 aliphatic carbocycles. The first-order chi connectivity index (χ1) is 9.22. The van der Waals surface area contributed by atoms with Crippen LogP contribution < -0.4 is 9.44 Å². The number of anilines is 1. The topological polar surface area (TPSA) is 92.3 Å². The van der Waals surface area contributed by atoms with Gasteiger partial charge >= 0.3 is 0 Å². The summed E-state index contributed by atoms with van der Waals surface area (Å²) in [5.74, 6) is -0.204. The Balaban J connectivity index is 3.11. The number of halogens is 1. The SMILES string of the molecule is CNS(=O)(=O)c1ccccc1NS(=O)(=O)CC(C)CCl. The number of rotatable bonds is 7. The lowest BCUT2D eigenvalue weighted by atomic mass is 10.3. The molecule has 0 radical (unpaired) electrons. The summed E-state index contributed by atoms with van der Waals surface area (Å²) in [6.45, 7) is 1.70. The van der Waals surface area contributed by atoms with Crippen molar-refractivity contribution < 1.29 is 16.8 Å². The fourth-order valence-electron chi connectivity index (χ4n) is 1.52. The van der Waals surface area contributed by atoms with Crippen LogP contribution >= 0.6 is 11.6 Å². The van der Waals surface area contributed by atoms with Gasteiger partial charge < -0.3 is 0 Å². The first-order valence-corrected chi connectivity index (χ1v) is 9.48. The molecule has 1 unspecified atom stereocenters. The molecule has 0 aliphatic heterocycles. The van der Waals surface area contributed by atoms with Crippen molar-refractivity contribution in [2.45, 2.75) is 11.8 Å². The van der Waals surface area contributed by atoms with E-state index in [2.05, 4.69) is 9.44 Å². The van der Waals surface area contributed by atoms with Crippen molar-refractivity contribution in [3.8, 4) is 0 Å². The molecule has 1 aromatic rings. The predicted molar refractivity (Wildman–Crippen MR) is 80.0 cm³/mol. The van der Waals surface area contributed by atoms with Crippen LogP contribution in [-0.2, 0) is 20.0 Å². The van der Waals surface area contributed by atoms with Gasteiger partial charge in [-0.1, -0.05) is 19.1 Å². The maximum Gasteiger partial charge on any atom is 0.242 e. The molecule has 114 valence electrons. The van der Waals surface area contributed by atoms with E-state index in [9.17, 15) is 16.8 Å². The highest BCUT2D eigenvalue weighted by Gasteiger charge is 2.21. The van der Waals surface area contributed by atoms with Crippen molar-refractivity contribution in [2.24, 2.45) is 5.92 Å². The van der Waals surface area contributed by atoms with E-state index in [1.54, 1.807) is 13.0 Å². The van der Waals surface area contributed by atoms with Crippen LogP contribution in [0.4, 0.5) is 5.69 Å². The van der Waals surface area contributed by atoms with Crippen LogP contribution in [0.1, 0.15) is 6.92 Å². The normalized spacial score (nSPS) is 13.9. The van der Waals surface area contributed by atoms with Crippen LogP contribution in [-0.4, -0.2) is 35.5 Å². The van der Waals surface area contributed by atoms with Crippen molar-refractivity contribution in [3.63, 3.8) is 0 Å². The maximum atomic E-state index is 12.0. The number of hydrogen-bond donors (Lipinski definition) is 2. The molecule has 1 rings (SSSR count). The summed E-state index contributed by atoms with van der Waals surface area (Å²) in [7, 11) is -6.14. The molecule has 0 aromatic heterocycles. The zero-order valence-corrected chi connectivity index (χ0v) is 13.5. The zero-order chi connectivity index (χ0) is 15.4. The molecule has 1 aromatic carbocycles. The number of alkyl halides is 1. The molecule has 2 N–H and O–H groups in total. The van der Waals surface area contributed by atoms with Gasteiger partial charge in [-0.05, 0) is 25.1 Å². The summed E-state index contributed by atoms with van der Waals surface area (Å²) < 4.78 is 52.0. The quantitative estimate of drug-likeness (QED) is 0.730. The van der Waals surface area contributed by atoms with Crippen molar-refractivity contribution in [1.82, 2.24) is 4.72 Å². The van der Waals surface area contributed by atoms with Gasteiger partial charge in [0.15, 0.2) is 0 Å². The lowest BCUT2D eigenvalue weighted by molar-refractivity contribution is 0.588. The van der Waals surface area contributed by atoms with Crippen molar-refractivity contribution in [3.05, 3.63) is 24.3 Å².